The predicted octanol–water partition coefficient (Wildman–Crippen LogP) is 3.65. The van der Waals surface area contributed by atoms with Crippen molar-refractivity contribution in [3.8, 4) is 0 Å². The van der Waals surface area contributed by atoms with E-state index in [0.717, 1.165) is 31.9 Å². The van der Waals surface area contributed by atoms with E-state index in [0.29, 0.717) is 0 Å². The fourth-order valence-corrected chi connectivity index (χ4v) is 2.24. The first-order valence-corrected chi connectivity index (χ1v) is 7.66. The third-order valence-corrected chi connectivity index (χ3v) is 3.62. The van der Waals surface area contributed by atoms with Gasteiger partial charge in [0.15, 0.2) is 0 Å². The largest absolute Gasteiger partial charge is 0.321 e. The molecule has 0 radical (unpaired) electrons. The molecule has 0 aromatic heterocycles. The molecule has 0 saturated carbocycles. The molecule has 2 rings (SSSR count). The van der Waals surface area contributed by atoms with Crippen LogP contribution in [-0.2, 0) is 13.1 Å². The fourth-order valence-electron chi connectivity index (χ4n) is 2.24. The monoisotopic (exact) mass is 283 g/mol. The standard InChI is InChI=1S/C18H25N3/c1-3-21(4-2)15-17-12-10-16(11-13-17)14-19-20-18-8-6-5-7-9-18/h5-13,19-20H,3-4,14-15H2,1-2H3. The van der Waals surface area contributed by atoms with Crippen molar-refractivity contribution in [2.75, 3.05) is 18.5 Å². The molecule has 2 N–H and O–H groups in total. The van der Waals surface area contributed by atoms with Gasteiger partial charge in [-0.3, -0.25) is 4.90 Å². The summed E-state index contributed by atoms with van der Waals surface area (Å²) < 4.78 is 0. The fraction of sp³-hybridized carbons (Fsp3) is 0.333. The van der Waals surface area contributed by atoms with Gasteiger partial charge in [-0.2, -0.15) is 0 Å². The molecule has 0 heterocycles. The van der Waals surface area contributed by atoms with E-state index in [1.807, 2.05) is 30.3 Å². The van der Waals surface area contributed by atoms with Crippen molar-refractivity contribution in [2.45, 2.75) is 26.9 Å². The molecule has 3 heteroatoms. The van der Waals surface area contributed by atoms with Crippen molar-refractivity contribution in [1.29, 1.82) is 0 Å². The summed E-state index contributed by atoms with van der Waals surface area (Å²) in [5.74, 6) is 0. The van der Waals surface area contributed by atoms with Crippen molar-refractivity contribution in [3.63, 3.8) is 0 Å². The molecule has 0 unspecified atom stereocenters. The third kappa shape index (κ3) is 5.21. The molecule has 0 spiro atoms. The van der Waals surface area contributed by atoms with Gasteiger partial charge < -0.3 is 5.43 Å². The van der Waals surface area contributed by atoms with E-state index < -0.39 is 0 Å². The van der Waals surface area contributed by atoms with E-state index in [1.54, 1.807) is 0 Å². The second kappa shape index (κ2) is 8.45. The molecule has 0 fully saturated rings. The minimum Gasteiger partial charge on any atom is -0.321 e. The second-order valence-corrected chi connectivity index (χ2v) is 5.12. The maximum absolute atomic E-state index is 3.24. The lowest BCUT2D eigenvalue weighted by atomic mass is 10.1. The van der Waals surface area contributed by atoms with E-state index in [1.165, 1.54) is 11.1 Å². The number of nitrogens with one attached hydrogen (secondary N) is 2. The lowest BCUT2D eigenvalue weighted by Gasteiger charge is -2.18. The Hall–Kier alpha value is -1.84. The summed E-state index contributed by atoms with van der Waals surface area (Å²) in [4.78, 5) is 2.42. The van der Waals surface area contributed by atoms with Crippen LogP contribution in [-0.4, -0.2) is 18.0 Å². The highest BCUT2D eigenvalue weighted by Gasteiger charge is 2.01. The Morgan fingerprint density at radius 2 is 1.43 bits per heavy atom. The average Bonchev–Trinajstić information content (AvgIpc) is 2.55. The normalized spacial score (nSPS) is 10.8. The zero-order valence-electron chi connectivity index (χ0n) is 13.0. The van der Waals surface area contributed by atoms with Crippen LogP contribution in [0, 0.1) is 0 Å². The molecule has 112 valence electrons. The van der Waals surface area contributed by atoms with Gasteiger partial charge in [0, 0.05) is 18.8 Å². The summed E-state index contributed by atoms with van der Waals surface area (Å²) in [5, 5.41) is 0. The van der Waals surface area contributed by atoms with Gasteiger partial charge in [0.05, 0.1) is 0 Å². The predicted molar refractivity (Wildman–Crippen MR) is 90.0 cm³/mol. The van der Waals surface area contributed by atoms with Crippen LogP contribution in [0.25, 0.3) is 0 Å². The zero-order valence-corrected chi connectivity index (χ0v) is 13.0. The number of hydrogen-bond acceptors (Lipinski definition) is 3. The number of anilines is 1. The summed E-state index contributed by atoms with van der Waals surface area (Å²) in [6.45, 7) is 8.44. The van der Waals surface area contributed by atoms with Crippen LogP contribution in [0.4, 0.5) is 5.69 Å². The summed E-state index contributed by atoms with van der Waals surface area (Å²) >= 11 is 0. The number of nitrogens with zero attached hydrogens (tertiary/aromatic N) is 1. The van der Waals surface area contributed by atoms with Crippen molar-refractivity contribution in [1.82, 2.24) is 10.3 Å². The first kappa shape index (κ1) is 15.5. The number of para-hydroxylation sites is 1. The number of hydrogen-bond donors (Lipinski definition) is 2. The first-order chi connectivity index (χ1) is 10.3. The van der Waals surface area contributed by atoms with Gasteiger partial charge in [0.25, 0.3) is 0 Å². The van der Waals surface area contributed by atoms with Crippen molar-refractivity contribution in [2.24, 2.45) is 0 Å². The van der Waals surface area contributed by atoms with Crippen LogP contribution >= 0.6 is 0 Å². The Balaban J connectivity index is 1.79. The highest BCUT2D eigenvalue weighted by Crippen LogP contribution is 2.08. The van der Waals surface area contributed by atoms with Gasteiger partial charge in [0.2, 0.25) is 0 Å². The topological polar surface area (TPSA) is 27.3 Å². The molecule has 21 heavy (non-hydrogen) atoms. The zero-order chi connectivity index (χ0) is 14.9. The number of hydrazine groups is 1. The molecule has 0 aliphatic rings. The van der Waals surface area contributed by atoms with Gasteiger partial charge in [-0.15, -0.1) is 0 Å². The molecule has 3 nitrogen and oxygen atoms in total. The SMILES string of the molecule is CCN(CC)Cc1ccc(CNNc2ccccc2)cc1. The molecule has 2 aromatic rings. The molecule has 0 atom stereocenters. The summed E-state index contributed by atoms with van der Waals surface area (Å²) in [6, 6.07) is 19.0. The van der Waals surface area contributed by atoms with E-state index in [9.17, 15) is 0 Å². The highest BCUT2D eigenvalue weighted by atomic mass is 15.3. The summed E-state index contributed by atoms with van der Waals surface area (Å²) in [6.07, 6.45) is 0. The van der Waals surface area contributed by atoms with Crippen LogP contribution < -0.4 is 10.9 Å². The Morgan fingerprint density at radius 1 is 0.810 bits per heavy atom. The second-order valence-electron chi connectivity index (χ2n) is 5.12. The lowest BCUT2D eigenvalue weighted by Crippen LogP contribution is -2.22. The van der Waals surface area contributed by atoms with E-state index in [4.69, 9.17) is 0 Å². The maximum Gasteiger partial charge on any atom is 0.0487 e. The van der Waals surface area contributed by atoms with Crippen LogP contribution in [0.3, 0.4) is 0 Å². The van der Waals surface area contributed by atoms with E-state index >= 15 is 0 Å². The molecule has 0 aliphatic heterocycles. The van der Waals surface area contributed by atoms with Crippen molar-refractivity contribution in [3.05, 3.63) is 65.7 Å². The first-order valence-electron chi connectivity index (χ1n) is 7.66. The Kier molecular flexibility index (Phi) is 6.25. The van der Waals surface area contributed by atoms with Gasteiger partial charge in [-0.25, -0.2) is 5.43 Å². The van der Waals surface area contributed by atoms with Gasteiger partial charge in [-0.1, -0.05) is 56.3 Å². The van der Waals surface area contributed by atoms with Crippen LogP contribution in [0.2, 0.25) is 0 Å². The minimum atomic E-state index is 0.806. The van der Waals surface area contributed by atoms with Crippen molar-refractivity contribution >= 4 is 5.69 Å². The molecule has 0 saturated heterocycles. The molecule has 0 bridgehead atoms. The summed E-state index contributed by atoms with van der Waals surface area (Å²) in [5.41, 5.74) is 10.2. The molecular weight excluding hydrogens is 258 g/mol. The number of rotatable bonds is 8. The summed E-state index contributed by atoms with van der Waals surface area (Å²) in [7, 11) is 0. The van der Waals surface area contributed by atoms with E-state index in [2.05, 4.69) is 53.9 Å². The average molecular weight is 283 g/mol. The Labute approximate surface area is 128 Å². The van der Waals surface area contributed by atoms with Gasteiger partial charge >= 0.3 is 0 Å². The molecular formula is C18H25N3. The Bertz CT molecular complexity index is 504. The lowest BCUT2D eigenvalue weighted by molar-refractivity contribution is 0.296. The minimum absolute atomic E-state index is 0.806. The molecule has 0 amide bonds. The maximum atomic E-state index is 3.24. The van der Waals surface area contributed by atoms with Crippen LogP contribution in [0.5, 0.6) is 0 Å². The van der Waals surface area contributed by atoms with Crippen LogP contribution in [0.15, 0.2) is 54.6 Å². The third-order valence-electron chi connectivity index (χ3n) is 3.62. The molecule has 0 aliphatic carbocycles. The van der Waals surface area contributed by atoms with Crippen molar-refractivity contribution < 1.29 is 0 Å². The molecule has 2 aromatic carbocycles. The van der Waals surface area contributed by atoms with Gasteiger partial charge in [0.1, 0.15) is 0 Å². The van der Waals surface area contributed by atoms with Gasteiger partial charge in [-0.05, 0) is 36.3 Å². The number of benzene rings is 2. The van der Waals surface area contributed by atoms with Crippen LogP contribution in [0.1, 0.15) is 25.0 Å². The highest BCUT2D eigenvalue weighted by molar-refractivity contribution is 5.41. The smallest absolute Gasteiger partial charge is 0.0487 e. The Morgan fingerprint density at radius 3 is 2.05 bits per heavy atom. The van der Waals surface area contributed by atoms with E-state index in [-0.39, 0.29) is 0 Å². The quantitative estimate of drug-likeness (QED) is 0.724.